The van der Waals surface area contributed by atoms with Gasteiger partial charge in [0.05, 0.1) is 0 Å². The van der Waals surface area contributed by atoms with Crippen molar-refractivity contribution in [3.63, 3.8) is 0 Å². The number of halogens is 2. The van der Waals surface area contributed by atoms with Crippen LogP contribution in [-0.2, 0) is 4.79 Å². The topological polar surface area (TPSA) is 120 Å². The summed E-state index contributed by atoms with van der Waals surface area (Å²) < 4.78 is 36.9. The molecule has 2 aliphatic carbocycles. The summed E-state index contributed by atoms with van der Waals surface area (Å²) in [6.07, 6.45) is 4.50. The van der Waals surface area contributed by atoms with Gasteiger partial charge in [-0.15, -0.1) is 5.10 Å². The van der Waals surface area contributed by atoms with Crippen LogP contribution in [0.3, 0.4) is 0 Å². The van der Waals surface area contributed by atoms with Gasteiger partial charge in [0.15, 0.2) is 11.6 Å². The van der Waals surface area contributed by atoms with Crippen LogP contribution in [0.4, 0.5) is 20.3 Å². The van der Waals surface area contributed by atoms with Crippen LogP contribution < -0.4 is 21.1 Å². The van der Waals surface area contributed by atoms with E-state index in [2.05, 4.69) is 20.7 Å². The normalized spacial score (nSPS) is 14.6. The van der Waals surface area contributed by atoms with Crippen molar-refractivity contribution in [2.75, 3.05) is 10.6 Å². The molecule has 0 radical (unpaired) electrons. The number of pyridine rings is 1. The lowest BCUT2D eigenvalue weighted by atomic mass is 10.2. The van der Waals surface area contributed by atoms with Crippen LogP contribution in [0.1, 0.15) is 42.3 Å². The Bertz CT molecular complexity index is 1660. The summed E-state index contributed by atoms with van der Waals surface area (Å²) in [6, 6.07) is 12.2. The maximum atomic E-state index is 14.9. The predicted octanol–water partition coefficient (Wildman–Crippen LogP) is 4.44. The zero-order chi connectivity index (χ0) is 27.1. The van der Waals surface area contributed by atoms with E-state index >= 15 is 0 Å². The molecule has 10 nitrogen and oxygen atoms in total. The van der Waals surface area contributed by atoms with Gasteiger partial charge in [0.25, 0.3) is 5.91 Å². The highest BCUT2D eigenvalue weighted by Crippen LogP contribution is 2.35. The van der Waals surface area contributed by atoms with Gasteiger partial charge in [-0.3, -0.25) is 14.2 Å². The summed E-state index contributed by atoms with van der Waals surface area (Å²) in [6.45, 7) is 0. The first-order valence-corrected chi connectivity index (χ1v) is 12.4. The third-order valence-corrected chi connectivity index (χ3v) is 6.35. The smallest absolute Gasteiger partial charge is 0.351 e. The maximum absolute atomic E-state index is 14.9. The molecule has 198 valence electrons. The monoisotopic (exact) mass is 532 g/mol. The maximum Gasteiger partial charge on any atom is 0.351 e. The summed E-state index contributed by atoms with van der Waals surface area (Å²) in [7, 11) is 0. The zero-order valence-corrected chi connectivity index (χ0v) is 20.4. The van der Waals surface area contributed by atoms with E-state index < -0.39 is 23.2 Å². The van der Waals surface area contributed by atoms with Crippen molar-refractivity contribution in [3.8, 4) is 17.2 Å². The SMILES string of the molecule is O=C(Nc1ccc(Oc2ccnc(NC(=O)C3CC3)c2)c(F)c1)c1nn(-c2ccccc2F)c(=O)n1C1CC1. The van der Waals surface area contributed by atoms with Gasteiger partial charge in [-0.2, -0.15) is 4.68 Å². The van der Waals surface area contributed by atoms with E-state index in [0.717, 1.165) is 23.6 Å². The van der Waals surface area contributed by atoms with E-state index in [1.165, 1.54) is 53.2 Å². The second-order valence-corrected chi connectivity index (χ2v) is 9.41. The number of hydrogen-bond acceptors (Lipinski definition) is 6. The van der Waals surface area contributed by atoms with Crippen LogP contribution in [0.2, 0.25) is 0 Å². The number of para-hydroxylation sites is 1. The lowest BCUT2D eigenvalue weighted by Gasteiger charge is -2.10. The number of nitrogens with one attached hydrogen (secondary N) is 2. The molecule has 0 saturated heterocycles. The van der Waals surface area contributed by atoms with Crippen molar-refractivity contribution >= 4 is 23.3 Å². The molecular formula is C27H22F2N6O4. The summed E-state index contributed by atoms with van der Waals surface area (Å²) in [4.78, 5) is 42.1. The molecule has 39 heavy (non-hydrogen) atoms. The average Bonchev–Trinajstić information content (AvgIpc) is 3.84. The molecule has 4 aromatic rings. The molecule has 0 spiro atoms. The quantitative estimate of drug-likeness (QED) is 0.346. The summed E-state index contributed by atoms with van der Waals surface area (Å²) in [5.74, 6) is -2.03. The molecule has 12 heteroatoms. The summed E-state index contributed by atoms with van der Waals surface area (Å²) in [5.41, 5.74) is -0.602. The van der Waals surface area contributed by atoms with E-state index in [9.17, 15) is 23.2 Å². The fraction of sp³-hybridized carbons (Fsp3) is 0.222. The van der Waals surface area contributed by atoms with Gasteiger partial charge in [-0.05, 0) is 56.0 Å². The minimum atomic E-state index is -0.760. The molecule has 2 aromatic heterocycles. The fourth-order valence-electron chi connectivity index (χ4n) is 4.07. The molecule has 0 aliphatic heterocycles. The van der Waals surface area contributed by atoms with Crippen LogP contribution in [0, 0.1) is 17.6 Å². The zero-order valence-electron chi connectivity index (χ0n) is 20.4. The highest BCUT2D eigenvalue weighted by molar-refractivity contribution is 6.01. The molecule has 6 rings (SSSR count). The van der Waals surface area contributed by atoms with Crippen molar-refractivity contribution in [1.29, 1.82) is 0 Å². The number of ether oxygens (including phenoxy) is 1. The van der Waals surface area contributed by atoms with Gasteiger partial charge < -0.3 is 15.4 Å². The first-order chi connectivity index (χ1) is 18.9. The molecule has 2 N–H and O–H groups in total. The number of nitrogens with zero attached hydrogens (tertiary/aromatic N) is 4. The molecule has 2 heterocycles. The highest BCUT2D eigenvalue weighted by atomic mass is 19.1. The molecule has 0 unspecified atom stereocenters. The number of hydrogen-bond donors (Lipinski definition) is 2. The van der Waals surface area contributed by atoms with Crippen LogP contribution in [0.15, 0.2) is 65.6 Å². The van der Waals surface area contributed by atoms with Crippen LogP contribution >= 0.6 is 0 Å². The molecule has 2 aromatic carbocycles. The Labute approximate surface area is 220 Å². The van der Waals surface area contributed by atoms with Crippen molar-refractivity contribution < 1.29 is 23.1 Å². The van der Waals surface area contributed by atoms with E-state index in [-0.39, 0.29) is 46.6 Å². The Kier molecular flexibility index (Phi) is 6.14. The average molecular weight is 533 g/mol. The largest absolute Gasteiger partial charge is 0.454 e. The minimum absolute atomic E-state index is 0.00354. The molecule has 2 saturated carbocycles. The number of amides is 2. The van der Waals surface area contributed by atoms with Crippen LogP contribution in [-0.4, -0.2) is 31.1 Å². The number of rotatable bonds is 8. The van der Waals surface area contributed by atoms with Crippen molar-refractivity contribution in [2.24, 2.45) is 5.92 Å². The second-order valence-electron chi connectivity index (χ2n) is 9.41. The highest BCUT2D eigenvalue weighted by Gasteiger charge is 2.33. The molecule has 2 aliphatic rings. The van der Waals surface area contributed by atoms with E-state index in [1.807, 2.05) is 0 Å². The Morgan fingerprint density at radius 1 is 0.949 bits per heavy atom. The van der Waals surface area contributed by atoms with E-state index in [4.69, 9.17) is 4.74 Å². The minimum Gasteiger partial charge on any atom is -0.454 e. The van der Waals surface area contributed by atoms with Gasteiger partial charge in [-0.1, -0.05) is 12.1 Å². The lowest BCUT2D eigenvalue weighted by molar-refractivity contribution is -0.117. The summed E-state index contributed by atoms with van der Waals surface area (Å²) >= 11 is 0. The molecule has 2 amide bonds. The molecule has 0 bridgehead atoms. The number of anilines is 2. The third-order valence-electron chi connectivity index (χ3n) is 6.35. The number of carbonyl (C=O) groups excluding carboxylic acids is 2. The van der Waals surface area contributed by atoms with Crippen molar-refractivity contribution in [1.82, 2.24) is 19.3 Å². The van der Waals surface area contributed by atoms with Gasteiger partial charge in [0.2, 0.25) is 11.7 Å². The van der Waals surface area contributed by atoms with Crippen molar-refractivity contribution in [2.45, 2.75) is 31.7 Å². The third kappa shape index (κ3) is 5.13. The van der Waals surface area contributed by atoms with Gasteiger partial charge >= 0.3 is 5.69 Å². The van der Waals surface area contributed by atoms with Gasteiger partial charge in [0, 0.05) is 36.0 Å². The first kappa shape index (κ1) is 24.5. The Balaban J connectivity index is 1.20. The predicted molar refractivity (Wildman–Crippen MR) is 136 cm³/mol. The van der Waals surface area contributed by atoms with E-state index in [0.29, 0.717) is 18.7 Å². The number of aromatic nitrogens is 4. The van der Waals surface area contributed by atoms with Gasteiger partial charge in [0.1, 0.15) is 23.1 Å². The molecule has 0 atom stereocenters. The lowest BCUT2D eigenvalue weighted by Crippen LogP contribution is -2.26. The van der Waals surface area contributed by atoms with Crippen LogP contribution in [0.25, 0.3) is 5.69 Å². The van der Waals surface area contributed by atoms with Gasteiger partial charge in [-0.25, -0.2) is 18.6 Å². The molecule has 2 fully saturated rings. The van der Waals surface area contributed by atoms with Crippen LogP contribution in [0.5, 0.6) is 11.5 Å². The first-order valence-electron chi connectivity index (χ1n) is 12.4. The fourth-order valence-corrected chi connectivity index (χ4v) is 4.07. The number of carbonyl (C=O) groups is 2. The Hall–Kier alpha value is -4.87. The Morgan fingerprint density at radius 3 is 2.46 bits per heavy atom. The summed E-state index contributed by atoms with van der Waals surface area (Å²) in [5, 5.41) is 9.35. The van der Waals surface area contributed by atoms with Crippen molar-refractivity contribution in [3.05, 3.63) is 88.7 Å². The standard InChI is InChI=1S/C27H22F2N6O4/c28-19-3-1-2-4-21(19)35-27(38)34(17-8-9-17)24(33-35)26(37)31-16-7-10-22(20(29)13-16)39-18-11-12-30-23(14-18)32-25(36)15-5-6-15/h1-4,7,10-15,17H,5-6,8-9H2,(H,31,37)(H,30,32,36). The second kappa shape index (κ2) is 9.78. The number of benzene rings is 2. The van der Waals surface area contributed by atoms with E-state index in [1.54, 1.807) is 6.07 Å². The molecular weight excluding hydrogens is 510 g/mol. The Morgan fingerprint density at radius 2 is 1.74 bits per heavy atom.